The first-order valence-corrected chi connectivity index (χ1v) is 7.86. The number of ether oxygens (including phenoxy) is 1. The van der Waals surface area contributed by atoms with E-state index in [2.05, 4.69) is 9.82 Å². The van der Waals surface area contributed by atoms with Crippen molar-refractivity contribution in [2.75, 3.05) is 17.9 Å². The van der Waals surface area contributed by atoms with Crippen LogP contribution < -0.4 is 9.46 Å². The Kier molecular flexibility index (Phi) is 4.81. The van der Waals surface area contributed by atoms with Crippen LogP contribution in [0, 0.1) is 0 Å². The van der Waals surface area contributed by atoms with Crippen molar-refractivity contribution in [3.8, 4) is 5.75 Å². The van der Waals surface area contributed by atoms with Gasteiger partial charge in [-0.1, -0.05) is 0 Å². The summed E-state index contributed by atoms with van der Waals surface area (Å²) in [7, 11) is -1.96. The Bertz CT molecular complexity index is 680. The van der Waals surface area contributed by atoms with E-state index in [-0.39, 0.29) is 17.3 Å². The summed E-state index contributed by atoms with van der Waals surface area (Å²) < 4.78 is 33.5. The van der Waals surface area contributed by atoms with Gasteiger partial charge in [-0.2, -0.15) is 5.10 Å². The highest BCUT2D eigenvalue weighted by Crippen LogP contribution is 2.18. The fourth-order valence-electron chi connectivity index (χ4n) is 1.64. The van der Waals surface area contributed by atoms with Crippen molar-refractivity contribution in [3.63, 3.8) is 0 Å². The maximum Gasteiger partial charge on any atom is 0.263 e. The molecule has 0 saturated carbocycles. The van der Waals surface area contributed by atoms with Crippen LogP contribution in [0.25, 0.3) is 0 Å². The van der Waals surface area contributed by atoms with Gasteiger partial charge in [0.1, 0.15) is 5.75 Å². The number of hydrogen-bond donors (Lipinski definition) is 2. The van der Waals surface area contributed by atoms with Gasteiger partial charge in [-0.15, -0.1) is 0 Å². The zero-order valence-electron chi connectivity index (χ0n) is 11.6. The topological polar surface area (TPSA) is 93.5 Å². The van der Waals surface area contributed by atoms with Gasteiger partial charge in [0.25, 0.3) is 10.0 Å². The van der Waals surface area contributed by atoms with E-state index in [0.29, 0.717) is 18.8 Å². The molecule has 0 spiro atoms. The second kappa shape index (κ2) is 6.59. The van der Waals surface area contributed by atoms with Crippen LogP contribution in [0.3, 0.4) is 0 Å². The number of nitrogens with one attached hydrogen (secondary N) is 1. The number of aryl methyl sites for hydroxylation is 1. The standard InChI is InChI=1S/C13H17N3O4S/c1-16-8-7-13(14-16)15-21(18,19)12-5-3-11(4-6-12)20-10-2-9-17/h3-8,17H,2,9-10H2,1H3,(H,14,15). The maximum absolute atomic E-state index is 12.1. The SMILES string of the molecule is Cn1ccc(NS(=O)(=O)c2ccc(OCCCO)cc2)n1. The van der Waals surface area contributed by atoms with Crippen molar-refractivity contribution >= 4 is 15.8 Å². The summed E-state index contributed by atoms with van der Waals surface area (Å²) in [6.45, 7) is 0.440. The second-order valence-corrected chi connectivity index (χ2v) is 6.06. The third kappa shape index (κ3) is 4.20. The van der Waals surface area contributed by atoms with E-state index < -0.39 is 10.0 Å². The van der Waals surface area contributed by atoms with Gasteiger partial charge in [-0.3, -0.25) is 9.40 Å². The summed E-state index contributed by atoms with van der Waals surface area (Å²) in [4.78, 5) is 0.127. The third-order valence-electron chi connectivity index (χ3n) is 2.66. The monoisotopic (exact) mass is 311 g/mol. The van der Waals surface area contributed by atoms with Crippen molar-refractivity contribution < 1.29 is 18.3 Å². The van der Waals surface area contributed by atoms with Crippen LogP contribution in [0.5, 0.6) is 5.75 Å². The van der Waals surface area contributed by atoms with E-state index in [4.69, 9.17) is 9.84 Å². The maximum atomic E-state index is 12.1. The normalized spacial score (nSPS) is 11.3. The molecular weight excluding hydrogens is 294 g/mol. The molecule has 2 aromatic rings. The van der Waals surface area contributed by atoms with Crippen molar-refractivity contribution in [2.45, 2.75) is 11.3 Å². The average Bonchev–Trinajstić information content (AvgIpc) is 2.84. The van der Waals surface area contributed by atoms with E-state index in [1.54, 1.807) is 31.4 Å². The first-order valence-electron chi connectivity index (χ1n) is 6.37. The molecule has 0 amide bonds. The lowest BCUT2D eigenvalue weighted by Crippen LogP contribution is -2.13. The fraction of sp³-hybridized carbons (Fsp3) is 0.308. The van der Waals surface area contributed by atoms with Crippen LogP contribution in [0.1, 0.15) is 6.42 Å². The van der Waals surface area contributed by atoms with Crippen molar-refractivity contribution in [2.24, 2.45) is 7.05 Å². The van der Waals surface area contributed by atoms with E-state index in [1.807, 2.05) is 0 Å². The number of nitrogens with zero attached hydrogens (tertiary/aromatic N) is 2. The Morgan fingerprint density at radius 2 is 2.00 bits per heavy atom. The molecule has 0 bridgehead atoms. The quantitative estimate of drug-likeness (QED) is 0.744. The Morgan fingerprint density at radius 3 is 2.57 bits per heavy atom. The molecule has 7 nitrogen and oxygen atoms in total. The Hall–Kier alpha value is -2.06. The molecule has 0 atom stereocenters. The molecule has 1 aromatic heterocycles. The first kappa shape index (κ1) is 15.3. The van der Waals surface area contributed by atoms with Crippen LogP contribution in [0.2, 0.25) is 0 Å². The molecule has 0 saturated heterocycles. The molecule has 0 aliphatic rings. The zero-order valence-corrected chi connectivity index (χ0v) is 12.4. The highest BCUT2D eigenvalue weighted by Gasteiger charge is 2.15. The van der Waals surface area contributed by atoms with Crippen LogP contribution in [0.4, 0.5) is 5.82 Å². The van der Waals surface area contributed by atoms with Gasteiger partial charge in [0.05, 0.1) is 11.5 Å². The average molecular weight is 311 g/mol. The summed E-state index contributed by atoms with van der Waals surface area (Å²) in [5, 5.41) is 12.6. The highest BCUT2D eigenvalue weighted by molar-refractivity contribution is 7.92. The Labute approximate surface area is 123 Å². The van der Waals surface area contributed by atoms with Gasteiger partial charge in [0, 0.05) is 32.3 Å². The molecule has 2 N–H and O–H groups in total. The second-order valence-electron chi connectivity index (χ2n) is 4.38. The zero-order chi connectivity index (χ0) is 15.3. The van der Waals surface area contributed by atoms with E-state index in [1.165, 1.54) is 16.8 Å². The van der Waals surface area contributed by atoms with Gasteiger partial charge in [-0.05, 0) is 24.3 Å². The number of aromatic nitrogens is 2. The fourth-order valence-corrected chi connectivity index (χ4v) is 2.63. The number of rotatable bonds is 7. The molecule has 21 heavy (non-hydrogen) atoms. The van der Waals surface area contributed by atoms with Crippen molar-refractivity contribution in [1.29, 1.82) is 0 Å². The molecule has 0 aliphatic heterocycles. The lowest BCUT2D eigenvalue weighted by atomic mass is 10.3. The molecule has 0 radical (unpaired) electrons. The van der Waals surface area contributed by atoms with Crippen molar-refractivity contribution in [3.05, 3.63) is 36.5 Å². The minimum atomic E-state index is -3.66. The number of hydrogen-bond acceptors (Lipinski definition) is 5. The third-order valence-corrected chi connectivity index (χ3v) is 4.03. The van der Waals surface area contributed by atoms with E-state index in [0.717, 1.165) is 0 Å². The van der Waals surface area contributed by atoms with Gasteiger partial charge in [0.15, 0.2) is 5.82 Å². The van der Waals surface area contributed by atoms with Gasteiger partial charge in [0.2, 0.25) is 0 Å². The summed E-state index contributed by atoms with van der Waals surface area (Å²) in [5.74, 6) is 0.820. The number of aliphatic hydroxyl groups excluding tert-OH is 1. The largest absolute Gasteiger partial charge is 0.494 e. The van der Waals surface area contributed by atoms with Crippen LogP contribution in [-0.4, -0.2) is 36.5 Å². The molecule has 114 valence electrons. The smallest absolute Gasteiger partial charge is 0.263 e. The number of aliphatic hydroxyl groups is 1. The summed E-state index contributed by atoms with van der Waals surface area (Å²) >= 11 is 0. The van der Waals surface area contributed by atoms with Gasteiger partial charge >= 0.3 is 0 Å². The van der Waals surface area contributed by atoms with Gasteiger partial charge < -0.3 is 9.84 Å². The van der Waals surface area contributed by atoms with Crippen LogP contribution in [-0.2, 0) is 17.1 Å². The molecule has 0 fully saturated rings. The van der Waals surface area contributed by atoms with Gasteiger partial charge in [-0.25, -0.2) is 8.42 Å². The first-order chi connectivity index (χ1) is 10.0. The molecule has 8 heteroatoms. The number of anilines is 1. The molecular formula is C13H17N3O4S. The predicted molar refractivity (Wildman–Crippen MR) is 77.7 cm³/mol. The number of sulfonamides is 1. The molecule has 0 unspecified atom stereocenters. The Morgan fingerprint density at radius 1 is 1.29 bits per heavy atom. The number of benzene rings is 1. The Balaban J connectivity index is 2.06. The summed E-state index contributed by atoms with van der Waals surface area (Å²) in [6, 6.07) is 7.64. The van der Waals surface area contributed by atoms with Crippen LogP contribution in [0.15, 0.2) is 41.4 Å². The molecule has 1 aromatic carbocycles. The van der Waals surface area contributed by atoms with E-state index >= 15 is 0 Å². The summed E-state index contributed by atoms with van der Waals surface area (Å²) in [6.07, 6.45) is 2.18. The highest BCUT2D eigenvalue weighted by atomic mass is 32.2. The minimum absolute atomic E-state index is 0.0560. The summed E-state index contributed by atoms with van der Waals surface area (Å²) in [5.41, 5.74) is 0. The van der Waals surface area contributed by atoms with Crippen LogP contribution >= 0.6 is 0 Å². The lowest BCUT2D eigenvalue weighted by molar-refractivity contribution is 0.233. The molecule has 1 heterocycles. The molecule has 2 rings (SSSR count). The van der Waals surface area contributed by atoms with Crippen molar-refractivity contribution in [1.82, 2.24) is 9.78 Å². The minimum Gasteiger partial charge on any atom is -0.494 e. The van der Waals surface area contributed by atoms with E-state index in [9.17, 15) is 8.42 Å². The predicted octanol–water partition coefficient (Wildman–Crippen LogP) is 0.982. The lowest BCUT2D eigenvalue weighted by Gasteiger charge is -2.08. The molecule has 0 aliphatic carbocycles.